The fourth-order valence-corrected chi connectivity index (χ4v) is 0. The van der Waals surface area contributed by atoms with E-state index in [1.54, 1.807) is 0 Å². The monoisotopic (exact) mass is 543 g/mol. The predicted molar refractivity (Wildman–Crippen MR) is 30.0 cm³/mol. The summed E-state index contributed by atoms with van der Waals surface area (Å²) in [5.74, 6) is -13.1. The molecular weight excluding hydrogens is 543 g/mol. The van der Waals surface area contributed by atoms with E-state index in [-0.39, 0.29) is 67.1 Å². The molecule has 0 aliphatic rings. The van der Waals surface area contributed by atoms with E-state index in [0.29, 0.717) is 0 Å². The second-order valence-electron chi connectivity index (χ2n) is 1.72. The van der Waals surface area contributed by atoms with Crippen LogP contribution >= 0.6 is 0 Å². The molecule has 0 amide bonds. The zero-order valence-corrected chi connectivity index (χ0v) is 15.8. The van der Waals surface area contributed by atoms with Crippen LogP contribution in [0.2, 0.25) is 0 Å². The number of hydrogen-bond donors (Lipinski definition) is 0. The average Bonchev–Trinajstić information content (AvgIpc) is 2.18. The number of aliphatic carboxylic acids is 6. The number of rotatable bonds is 0. The maximum atomic E-state index is 8.93. The first-order chi connectivity index (χ1) is 7.93. The second-order valence-corrected chi connectivity index (χ2v) is 1.72. The van der Waals surface area contributed by atoms with Gasteiger partial charge in [-0.05, 0) is 0 Å². The summed E-state index contributed by atoms with van der Waals surface area (Å²) in [6.07, 6.45) is 0. The number of hydrogen-bond acceptors (Lipinski definition) is 12. The summed E-state index contributed by atoms with van der Waals surface area (Å²) in [6.45, 7) is 0. The minimum atomic E-state index is -2.19. The van der Waals surface area contributed by atoms with Gasteiger partial charge in [0.25, 0.3) is 0 Å². The van der Waals surface area contributed by atoms with E-state index >= 15 is 0 Å². The van der Waals surface area contributed by atoms with Crippen molar-refractivity contribution in [3.8, 4) is 0 Å². The first kappa shape index (κ1) is 36.9. The molecular formula is C6Nb3O12. The van der Waals surface area contributed by atoms with Gasteiger partial charge < -0.3 is 59.4 Å². The Morgan fingerprint density at radius 1 is 0.333 bits per heavy atom. The Kier molecular flexibility index (Phi) is 37.5. The topological polar surface area (TPSA) is 241 Å². The smallest absolute Gasteiger partial charge is 0.543 e. The van der Waals surface area contributed by atoms with Crippen LogP contribution in [0.5, 0.6) is 0 Å². The minimum Gasteiger partial charge on any atom is -0.543 e. The molecule has 15 heteroatoms. The summed E-state index contributed by atoms with van der Waals surface area (Å²) in [5, 5.41) is 53.6. The molecule has 0 fully saturated rings. The molecule has 0 aromatic heterocycles. The molecule has 0 aliphatic heterocycles. The average molecular weight is 543 g/mol. The van der Waals surface area contributed by atoms with Crippen LogP contribution in [0.1, 0.15) is 0 Å². The van der Waals surface area contributed by atoms with E-state index in [1.165, 1.54) is 0 Å². The maximum absolute atomic E-state index is 8.93. The molecule has 0 rings (SSSR count). The molecule has 0 atom stereocenters. The standard InChI is InChI=1S/3C2H2O4.3Nb/c3*3-1(4)2(5)6;;;/h3*(H,3,4)(H,5,6);;;/q;;;3*+2/p-6. The Labute approximate surface area is 161 Å². The van der Waals surface area contributed by atoms with E-state index in [9.17, 15) is 0 Å². The summed E-state index contributed by atoms with van der Waals surface area (Å²) < 4.78 is 0. The van der Waals surface area contributed by atoms with Crippen molar-refractivity contribution < 1.29 is 127 Å². The van der Waals surface area contributed by atoms with Gasteiger partial charge in [0.1, 0.15) is 0 Å². The normalized spacial score (nSPS) is 6.29. The summed E-state index contributed by atoms with van der Waals surface area (Å²) in [4.78, 5) is 53.6. The van der Waals surface area contributed by atoms with Gasteiger partial charge in [-0.25, -0.2) is 0 Å². The largest absolute Gasteiger partial charge is 2.00 e. The van der Waals surface area contributed by atoms with Crippen molar-refractivity contribution in [2.45, 2.75) is 0 Å². The molecule has 0 heterocycles. The third-order valence-corrected chi connectivity index (χ3v) is 0.500. The van der Waals surface area contributed by atoms with Gasteiger partial charge >= 0.3 is 67.1 Å². The quantitative estimate of drug-likeness (QED) is 0.205. The van der Waals surface area contributed by atoms with Crippen molar-refractivity contribution in [3.05, 3.63) is 0 Å². The van der Waals surface area contributed by atoms with Crippen LogP contribution in [-0.4, -0.2) is 35.8 Å². The Morgan fingerprint density at radius 3 is 0.381 bits per heavy atom. The van der Waals surface area contributed by atoms with Gasteiger partial charge in [0, 0.05) is 0 Å². The molecule has 21 heavy (non-hydrogen) atoms. The number of carboxylic acids is 6. The molecule has 0 saturated heterocycles. The van der Waals surface area contributed by atoms with Crippen molar-refractivity contribution in [2.24, 2.45) is 0 Å². The molecule has 111 valence electrons. The first-order valence-electron chi connectivity index (χ1n) is 3.20. The second kappa shape index (κ2) is 21.3. The summed E-state index contributed by atoms with van der Waals surface area (Å²) in [5.41, 5.74) is 0. The number of carbonyl (C=O) groups is 6. The van der Waals surface area contributed by atoms with Crippen LogP contribution in [0.4, 0.5) is 0 Å². The summed E-state index contributed by atoms with van der Waals surface area (Å²) in [7, 11) is 0. The molecule has 0 aromatic rings. The van der Waals surface area contributed by atoms with E-state index in [2.05, 4.69) is 0 Å². The summed E-state index contributed by atoms with van der Waals surface area (Å²) >= 11 is 0. The zero-order valence-electron chi connectivity index (χ0n) is 9.24. The Bertz CT molecular complexity index is 284. The van der Waals surface area contributed by atoms with Crippen LogP contribution in [0.25, 0.3) is 0 Å². The molecule has 0 unspecified atom stereocenters. The Hall–Kier alpha value is -0.959. The van der Waals surface area contributed by atoms with Crippen molar-refractivity contribution in [3.63, 3.8) is 0 Å². The van der Waals surface area contributed by atoms with Gasteiger partial charge in [0.05, 0.1) is 35.8 Å². The minimum absolute atomic E-state index is 0. The first-order valence-corrected chi connectivity index (χ1v) is 3.20. The van der Waals surface area contributed by atoms with Crippen LogP contribution in [0, 0.1) is 0 Å². The zero-order chi connectivity index (χ0) is 15.5. The molecule has 0 N–H and O–H groups in total. The predicted octanol–water partition coefficient (Wildman–Crippen LogP) is -10.5. The fraction of sp³-hybridized carbons (Fsp3) is 0. The molecule has 12 nitrogen and oxygen atoms in total. The van der Waals surface area contributed by atoms with Gasteiger partial charge in [-0.1, -0.05) is 0 Å². The molecule has 3 radical (unpaired) electrons. The number of carbonyl (C=O) groups excluding carboxylic acids is 6. The van der Waals surface area contributed by atoms with Crippen molar-refractivity contribution >= 4 is 35.8 Å². The van der Waals surface area contributed by atoms with Crippen LogP contribution in [0.15, 0.2) is 0 Å². The van der Waals surface area contributed by atoms with Gasteiger partial charge in [-0.2, -0.15) is 0 Å². The third-order valence-electron chi connectivity index (χ3n) is 0.500. The van der Waals surface area contributed by atoms with Crippen molar-refractivity contribution in [2.75, 3.05) is 0 Å². The van der Waals surface area contributed by atoms with E-state index in [0.717, 1.165) is 0 Å². The van der Waals surface area contributed by atoms with Crippen LogP contribution < -0.4 is 30.6 Å². The van der Waals surface area contributed by atoms with E-state index in [4.69, 9.17) is 59.4 Å². The maximum Gasteiger partial charge on any atom is 2.00 e. The SMILES string of the molecule is O=C([O-])C(=O)[O-].O=C([O-])C(=O)[O-].O=C([O-])C(=O)[O-].[Nb+2].[Nb+2].[Nb+2]. The molecule has 0 aromatic carbocycles. The van der Waals surface area contributed by atoms with Crippen molar-refractivity contribution in [1.82, 2.24) is 0 Å². The summed E-state index contributed by atoms with van der Waals surface area (Å²) in [6, 6.07) is 0. The van der Waals surface area contributed by atoms with Crippen LogP contribution in [0.3, 0.4) is 0 Å². The van der Waals surface area contributed by atoms with Crippen molar-refractivity contribution in [1.29, 1.82) is 0 Å². The third kappa shape index (κ3) is 45.4. The molecule has 0 saturated carbocycles. The Morgan fingerprint density at radius 2 is 0.381 bits per heavy atom. The van der Waals surface area contributed by atoms with Gasteiger partial charge in [0.15, 0.2) is 0 Å². The molecule has 0 aliphatic carbocycles. The van der Waals surface area contributed by atoms with Gasteiger partial charge in [-0.15, -0.1) is 0 Å². The van der Waals surface area contributed by atoms with E-state index < -0.39 is 35.8 Å². The Balaban J connectivity index is -0.0000000375. The van der Waals surface area contributed by atoms with E-state index in [1.807, 2.05) is 0 Å². The van der Waals surface area contributed by atoms with Gasteiger partial charge in [0.2, 0.25) is 0 Å². The molecule has 0 spiro atoms. The number of carboxylic acid groups (broad SMARTS) is 6. The molecule has 0 bridgehead atoms. The fourth-order valence-electron chi connectivity index (χ4n) is 0. The van der Waals surface area contributed by atoms with Crippen LogP contribution in [-0.2, 0) is 95.9 Å². The van der Waals surface area contributed by atoms with Gasteiger partial charge in [-0.3, -0.25) is 0 Å².